The van der Waals surface area contributed by atoms with Gasteiger partial charge in [-0.3, -0.25) is 9.78 Å². The molecule has 1 aliphatic carbocycles. The van der Waals surface area contributed by atoms with Crippen molar-refractivity contribution in [3.63, 3.8) is 0 Å². The molecule has 3 atom stereocenters. The average molecular weight is 410 g/mol. The van der Waals surface area contributed by atoms with Crippen LogP contribution in [0, 0.1) is 11.7 Å². The minimum atomic E-state index is -2.98. The van der Waals surface area contributed by atoms with Crippen LogP contribution in [-0.2, 0) is 16.7 Å². The van der Waals surface area contributed by atoms with Gasteiger partial charge in [0.25, 0.3) is 12.4 Å². The number of ketones is 1. The summed E-state index contributed by atoms with van der Waals surface area (Å²) in [6.07, 6.45) is -1.97. The molecule has 0 bridgehead atoms. The summed E-state index contributed by atoms with van der Waals surface area (Å²) in [4.78, 5) is 20.2. The third-order valence-electron chi connectivity index (χ3n) is 5.04. The molecule has 0 spiro atoms. The maximum Gasteiger partial charge on any atom is 0.283 e. The number of amidine groups is 1. The number of Topliss-reactive ketones (excluding diaryl/α,β-unsaturated/α-hetero) is 1. The third-order valence-corrected chi connectivity index (χ3v) is 5.26. The number of nitrogens with two attached hydrogens (primary N) is 1. The van der Waals surface area contributed by atoms with Crippen molar-refractivity contribution in [2.24, 2.45) is 16.6 Å². The summed E-state index contributed by atoms with van der Waals surface area (Å²) in [6, 6.07) is 6.31. The molecule has 5 nitrogen and oxygen atoms in total. The molecule has 0 radical (unpaired) electrons. The second-order valence-electron chi connectivity index (χ2n) is 6.85. The Hall–Kier alpha value is -2.61. The van der Waals surface area contributed by atoms with E-state index in [9.17, 15) is 18.0 Å². The first-order valence-electron chi connectivity index (χ1n) is 8.55. The van der Waals surface area contributed by atoms with Gasteiger partial charge in [-0.2, -0.15) is 0 Å². The summed E-state index contributed by atoms with van der Waals surface area (Å²) < 4.78 is 48.0. The number of fused-ring (bicyclic) bond motifs is 1. The summed E-state index contributed by atoms with van der Waals surface area (Å²) in [5.74, 6) is -1.84. The van der Waals surface area contributed by atoms with Gasteiger partial charge in [0.1, 0.15) is 17.6 Å². The van der Waals surface area contributed by atoms with E-state index in [0.29, 0.717) is 17.0 Å². The van der Waals surface area contributed by atoms with E-state index in [2.05, 4.69) is 9.98 Å². The molecule has 146 valence electrons. The number of nitrogens with zero attached hydrogens (tertiary/aromatic N) is 2. The Morgan fingerprint density at radius 2 is 2.14 bits per heavy atom. The quantitative estimate of drug-likeness (QED) is 0.767. The highest BCUT2D eigenvalue weighted by Crippen LogP contribution is 2.56. The first kappa shape index (κ1) is 18.7. The highest BCUT2D eigenvalue weighted by atomic mass is 35.5. The molecule has 1 aromatic heterocycles. The van der Waals surface area contributed by atoms with Gasteiger partial charge in [0.2, 0.25) is 0 Å². The minimum absolute atomic E-state index is 0.134. The molecule has 1 fully saturated rings. The standard InChI is InChI=1S/C19H15ClF3N3O2/c20-10-2-4-14(25-8-10)15(27)6-9-1-3-13(21)11(5-9)19(17(22)23)12-7-16(12)28-18(24)26-19/h1-5,8,12,16-17H,6-7H2,(H2,24,26)/t12-,16+,19+/m1/s1. The Morgan fingerprint density at radius 3 is 2.82 bits per heavy atom. The molecule has 1 aromatic carbocycles. The molecule has 2 aliphatic rings. The number of hydrogen-bond acceptors (Lipinski definition) is 5. The Bertz CT molecular complexity index is 967. The van der Waals surface area contributed by atoms with Crippen molar-refractivity contribution in [2.45, 2.75) is 30.9 Å². The van der Waals surface area contributed by atoms with Gasteiger partial charge in [0, 0.05) is 24.1 Å². The molecule has 0 saturated heterocycles. The first-order valence-corrected chi connectivity index (χ1v) is 8.93. The van der Waals surface area contributed by atoms with E-state index in [-0.39, 0.29) is 29.5 Å². The number of rotatable bonds is 5. The van der Waals surface area contributed by atoms with Gasteiger partial charge < -0.3 is 10.5 Å². The fourth-order valence-electron chi connectivity index (χ4n) is 3.61. The van der Waals surface area contributed by atoms with Crippen LogP contribution in [-0.4, -0.2) is 29.3 Å². The van der Waals surface area contributed by atoms with Crippen molar-refractivity contribution < 1.29 is 22.7 Å². The molecule has 0 unspecified atom stereocenters. The topological polar surface area (TPSA) is 77.6 Å². The monoisotopic (exact) mass is 409 g/mol. The predicted octanol–water partition coefficient (Wildman–Crippen LogP) is 3.49. The third kappa shape index (κ3) is 3.11. The van der Waals surface area contributed by atoms with Gasteiger partial charge in [-0.1, -0.05) is 17.7 Å². The fraction of sp³-hybridized carbons (Fsp3) is 0.316. The summed E-state index contributed by atoms with van der Waals surface area (Å²) in [5, 5.41) is 0.383. The largest absolute Gasteiger partial charge is 0.462 e. The second-order valence-corrected chi connectivity index (χ2v) is 7.29. The lowest BCUT2D eigenvalue weighted by Gasteiger charge is -2.33. The van der Waals surface area contributed by atoms with Gasteiger partial charge in [-0.15, -0.1) is 0 Å². The van der Waals surface area contributed by atoms with Gasteiger partial charge >= 0.3 is 0 Å². The Labute approximate surface area is 163 Å². The number of pyridine rings is 1. The summed E-state index contributed by atoms with van der Waals surface area (Å²) in [7, 11) is 0. The van der Waals surface area contributed by atoms with Crippen LogP contribution in [0.15, 0.2) is 41.5 Å². The Morgan fingerprint density at radius 1 is 1.36 bits per heavy atom. The zero-order valence-corrected chi connectivity index (χ0v) is 15.2. The van der Waals surface area contributed by atoms with Gasteiger partial charge in [-0.05, 0) is 36.2 Å². The number of carbonyl (C=O) groups is 1. The lowest BCUT2D eigenvalue weighted by Crippen LogP contribution is -2.43. The molecule has 2 heterocycles. The fourth-order valence-corrected chi connectivity index (χ4v) is 3.72. The molecule has 0 amide bonds. The number of alkyl halides is 2. The van der Waals surface area contributed by atoms with E-state index in [1.165, 1.54) is 30.5 Å². The molecule has 1 saturated carbocycles. The zero-order chi connectivity index (χ0) is 20.1. The number of ether oxygens (including phenoxy) is 1. The zero-order valence-electron chi connectivity index (χ0n) is 14.4. The van der Waals surface area contributed by atoms with E-state index in [0.717, 1.165) is 6.07 Å². The number of carbonyl (C=O) groups excluding carboxylic acids is 1. The van der Waals surface area contributed by atoms with Gasteiger partial charge in [-0.25, -0.2) is 18.2 Å². The van der Waals surface area contributed by atoms with Crippen LogP contribution >= 0.6 is 11.6 Å². The van der Waals surface area contributed by atoms with E-state index >= 15 is 0 Å². The number of benzene rings is 1. The van der Waals surface area contributed by atoms with Crippen LogP contribution in [0.1, 0.15) is 28.0 Å². The van der Waals surface area contributed by atoms with Crippen molar-refractivity contribution in [1.29, 1.82) is 0 Å². The predicted molar refractivity (Wildman–Crippen MR) is 96.0 cm³/mol. The second kappa shape index (κ2) is 6.77. The lowest BCUT2D eigenvalue weighted by molar-refractivity contribution is 0.0176. The molecule has 4 rings (SSSR count). The summed E-state index contributed by atoms with van der Waals surface area (Å²) in [5.41, 5.74) is 3.71. The summed E-state index contributed by atoms with van der Waals surface area (Å²) >= 11 is 5.76. The lowest BCUT2D eigenvalue weighted by atomic mass is 9.83. The van der Waals surface area contributed by atoms with E-state index < -0.39 is 29.8 Å². The Balaban J connectivity index is 1.70. The molecule has 1 aliphatic heterocycles. The van der Waals surface area contributed by atoms with Crippen LogP contribution < -0.4 is 5.73 Å². The average Bonchev–Trinajstić information content (AvgIpc) is 3.42. The van der Waals surface area contributed by atoms with E-state index in [4.69, 9.17) is 22.1 Å². The number of aromatic nitrogens is 1. The van der Waals surface area contributed by atoms with Crippen molar-refractivity contribution in [3.8, 4) is 0 Å². The molecular formula is C19H15ClF3N3O2. The van der Waals surface area contributed by atoms with Crippen molar-refractivity contribution in [2.75, 3.05) is 0 Å². The maximum atomic E-state index is 14.6. The van der Waals surface area contributed by atoms with Crippen molar-refractivity contribution >= 4 is 23.4 Å². The Kier molecular flexibility index (Phi) is 4.53. The minimum Gasteiger partial charge on any atom is -0.462 e. The van der Waals surface area contributed by atoms with Crippen LogP contribution in [0.25, 0.3) is 0 Å². The van der Waals surface area contributed by atoms with Crippen molar-refractivity contribution in [3.05, 3.63) is 64.2 Å². The molecule has 2 N–H and O–H groups in total. The van der Waals surface area contributed by atoms with Crippen LogP contribution in [0.4, 0.5) is 13.2 Å². The van der Waals surface area contributed by atoms with Crippen LogP contribution in [0.2, 0.25) is 5.02 Å². The number of halogens is 4. The number of aliphatic imine (C=N–C) groups is 1. The van der Waals surface area contributed by atoms with E-state index in [1.54, 1.807) is 0 Å². The maximum absolute atomic E-state index is 14.6. The van der Waals surface area contributed by atoms with E-state index in [1.807, 2.05) is 0 Å². The highest BCUT2D eigenvalue weighted by Gasteiger charge is 2.64. The highest BCUT2D eigenvalue weighted by molar-refractivity contribution is 6.30. The normalized spacial score (nSPS) is 25.7. The van der Waals surface area contributed by atoms with Crippen molar-refractivity contribution in [1.82, 2.24) is 4.98 Å². The van der Waals surface area contributed by atoms with Gasteiger partial charge in [0.05, 0.1) is 5.02 Å². The first-order chi connectivity index (χ1) is 13.3. The SMILES string of the molecule is NC1=N[C@](c2cc(CC(=O)c3ccc(Cl)cn3)ccc2F)(C(F)F)[C@@H]2C[C@@H]2O1. The van der Waals surface area contributed by atoms with Gasteiger partial charge in [0.15, 0.2) is 11.3 Å². The number of hydrogen-bond donors (Lipinski definition) is 1. The summed E-state index contributed by atoms with van der Waals surface area (Å²) in [6.45, 7) is 0. The molecule has 28 heavy (non-hydrogen) atoms. The molecule has 2 aromatic rings. The molecular weight excluding hydrogens is 395 g/mol. The van der Waals surface area contributed by atoms with Crippen LogP contribution in [0.5, 0.6) is 0 Å². The smallest absolute Gasteiger partial charge is 0.283 e. The van der Waals surface area contributed by atoms with Crippen LogP contribution in [0.3, 0.4) is 0 Å². The molecule has 9 heteroatoms.